The van der Waals surface area contributed by atoms with Gasteiger partial charge in [0.15, 0.2) is 5.17 Å². The molecule has 1 N–H and O–H groups in total. The van der Waals surface area contributed by atoms with Gasteiger partial charge in [-0.3, -0.25) is 4.99 Å². The van der Waals surface area contributed by atoms with Gasteiger partial charge in [-0.25, -0.2) is 0 Å². The number of nitrogens with one attached hydrogen (secondary N) is 1. The zero-order valence-electron chi connectivity index (χ0n) is 8.38. The highest BCUT2D eigenvalue weighted by atomic mass is 32.2. The molecule has 1 heterocycles. The zero-order chi connectivity index (χ0) is 9.52. The SMILES string of the molecule is CCOCC(C)NC1=NCCCS1. The number of ether oxygens (including phenoxy) is 1. The number of hydrogen-bond acceptors (Lipinski definition) is 4. The molecule has 0 bridgehead atoms. The Balaban J connectivity index is 2.18. The number of thioether (sulfide) groups is 1. The molecular formula is C9H18N2OS. The molecule has 0 aromatic carbocycles. The van der Waals surface area contributed by atoms with E-state index in [-0.39, 0.29) is 0 Å². The largest absolute Gasteiger partial charge is 0.380 e. The number of nitrogens with zero attached hydrogens (tertiary/aromatic N) is 1. The molecule has 0 radical (unpaired) electrons. The molecular weight excluding hydrogens is 184 g/mol. The molecule has 0 aromatic rings. The van der Waals surface area contributed by atoms with E-state index in [4.69, 9.17) is 4.74 Å². The molecule has 1 aliphatic heterocycles. The first kappa shape index (κ1) is 10.9. The normalized spacial score (nSPS) is 19.4. The summed E-state index contributed by atoms with van der Waals surface area (Å²) in [6, 6.07) is 0.365. The van der Waals surface area contributed by atoms with Gasteiger partial charge in [0.05, 0.1) is 6.61 Å². The second-order valence-electron chi connectivity index (χ2n) is 3.09. The maximum absolute atomic E-state index is 5.31. The third-order valence-corrected chi connectivity index (χ3v) is 2.75. The van der Waals surface area contributed by atoms with E-state index < -0.39 is 0 Å². The number of amidine groups is 1. The van der Waals surface area contributed by atoms with Gasteiger partial charge < -0.3 is 10.1 Å². The fourth-order valence-corrected chi connectivity index (χ4v) is 2.03. The molecule has 4 heteroatoms. The van der Waals surface area contributed by atoms with Crippen molar-refractivity contribution in [1.29, 1.82) is 0 Å². The van der Waals surface area contributed by atoms with Gasteiger partial charge in [-0.05, 0) is 20.3 Å². The monoisotopic (exact) mass is 202 g/mol. The molecule has 0 amide bonds. The second kappa shape index (κ2) is 6.27. The lowest BCUT2D eigenvalue weighted by atomic mass is 10.4. The van der Waals surface area contributed by atoms with Gasteiger partial charge in [0.2, 0.25) is 0 Å². The van der Waals surface area contributed by atoms with Crippen LogP contribution in [0, 0.1) is 0 Å². The average molecular weight is 202 g/mol. The average Bonchev–Trinajstić information content (AvgIpc) is 2.16. The molecule has 1 atom stereocenters. The Labute approximate surface area is 84.3 Å². The predicted octanol–water partition coefficient (Wildman–Crippen LogP) is 1.49. The van der Waals surface area contributed by atoms with E-state index in [9.17, 15) is 0 Å². The molecule has 0 fully saturated rings. The Morgan fingerprint density at radius 2 is 2.54 bits per heavy atom. The molecule has 13 heavy (non-hydrogen) atoms. The van der Waals surface area contributed by atoms with Crippen LogP contribution in [0.25, 0.3) is 0 Å². The number of aliphatic imine (C=N–C) groups is 1. The lowest BCUT2D eigenvalue weighted by Crippen LogP contribution is -2.35. The van der Waals surface area contributed by atoms with Crippen LogP contribution < -0.4 is 5.32 Å². The summed E-state index contributed by atoms with van der Waals surface area (Å²) in [5.41, 5.74) is 0. The topological polar surface area (TPSA) is 33.6 Å². The van der Waals surface area contributed by atoms with E-state index >= 15 is 0 Å². The number of hydrogen-bond donors (Lipinski definition) is 1. The molecule has 3 nitrogen and oxygen atoms in total. The molecule has 1 aliphatic rings. The fourth-order valence-electron chi connectivity index (χ4n) is 1.09. The maximum atomic E-state index is 5.31. The summed E-state index contributed by atoms with van der Waals surface area (Å²) in [6.07, 6.45) is 1.20. The quantitative estimate of drug-likeness (QED) is 0.750. The van der Waals surface area contributed by atoms with E-state index in [0.29, 0.717) is 6.04 Å². The summed E-state index contributed by atoms with van der Waals surface area (Å²) >= 11 is 1.81. The van der Waals surface area contributed by atoms with Crippen LogP contribution in [-0.4, -0.2) is 36.7 Å². The van der Waals surface area contributed by atoms with Crippen LogP contribution in [0.4, 0.5) is 0 Å². The second-order valence-corrected chi connectivity index (χ2v) is 4.18. The zero-order valence-corrected chi connectivity index (χ0v) is 9.19. The smallest absolute Gasteiger partial charge is 0.156 e. The van der Waals surface area contributed by atoms with Crippen molar-refractivity contribution in [3.05, 3.63) is 0 Å². The lowest BCUT2D eigenvalue weighted by Gasteiger charge is -2.18. The third-order valence-electron chi connectivity index (χ3n) is 1.74. The van der Waals surface area contributed by atoms with Crippen molar-refractivity contribution in [3.63, 3.8) is 0 Å². The van der Waals surface area contributed by atoms with Crippen molar-refractivity contribution >= 4 is 16.9 Å². The van der Waals surface area contributed by atoms with Gasteiger partial charge in [-0.1, -0.05) is 11.8 Å². The fraction of sp³-hybridized carbons (Fsp3) is 0.889. The maximum Gasteiger partial charge on any atom is 0.156 e. The molecule has 0 aliphatic carbocycles. The van der Waals surface area contributed by atoms with Crippen molar-refractivity contribution in [1.82, 2.24) is 5.32 Å². The van der Waals surface area contributed by atoms with Gasteiger partial charge in [-0.15, -0.1) is 0 Å². The van der Waals surface area contributed by atoms with E-state index in [1.165, 1.54) is 12.2 Å². The molecule has 0 aromatic heterocycles. The predicted molar refractivity (Wildman–Crippen MR) is 58.5 cm³/mol. The Hall–Kier alpha value is -0.220. The Morgan fingerprint density at radius 3 is 3.15 bits per heavy atom. The van der Waals surface area contributed by atoms with Crippen molar-refractivity contribution < 1.29 is 4.74 Å². The summed E-state index contributed by atoms with van der Waals surface area (Å²) in [4.78, 5) is 4.39. The Kier molecular flexibility index (Phi) is 5.23. The summed E-state index contributed by atoms with van der Waals surface area (Å²) < 4.78 is 5.31. The van der Waals surface area contributed by atoms with E-state index in [0.717, 1.165) is 24.9 Å². The molecule has 76 valence electrons. The van der Waals surface area contributed by atoms with Gasteiger partial charge in [0.1, 0.15) is 0 Å². The summed E-state index contributed by atoms with van der Waals surface area (Å²) in [6.45, 7) is 6.64. The Morgan fingerprint density at radius 1 is 1.69 bits per heavy atom. The third kappa shape index (κ3) is 4.52. The molecule has 0 spiro atoms. The highest BCUT2D eigenvalue weighted by molar-refractivity contribution is 8.13. The van der Waals surface area contributed by atoms with E-state index in [2.05, 4.69) is 17.2 Å². The van der Waals surface area contributed by atoms with Crippen molar-refractivity contribution in [2.75, 3.05) is 25.5 Å². The first-order chi connectivity index (χ1) is 6.33. The van der Waals surface area contributed by atoms with Crippen molar-refractivity contribution in [2.24, 2.45) is 4.99 Å². The minimum Gasteiger partial charge on any atom is -0.380 e. The molecule has 1 rings (SSSR count). The van der Waals surface area contributed by atoms with Crippen LogP contribution in [-0.2, 0) is 4.74 Å². The van der Waals surface area contributed by atoms with Gasteiger partial charge in [-0.2, -0.15) is 0 Å². The first-order valence-electron chi connectivity index (χ1n) is 4.84. The minimum absolute atomic E-state index is 0.365. The molecule has 0 saturated heterocycles. The standard InChI is InChI=1S/C9H18N2OS/c1-3-12-7-8(2)11-9-10-5-4-6-13-9/h8H,3-7H2,1-2H3,(H,10,11). The van der Waals surface area contributed by atoms with Crippen LogP contribution in [0.1, 0.15) is 20.3 Å². The van der Waals surface area contributed by atoms with E-state index in [1.54, 1.807) is 0 Å². The summed E-state index contributed by atoms with van der Waals surface area (Å²) in [5, 5.41) is 4.42. The van der Waals surface area contributed by atoms with Crippen LogP contribution in [0.3, 0.4) is 0 Å². The van der Waals surface area contributed by atoms with Gasteiger partial charge in [0.25, 0.3) is 0 Å². The van der Waals surface area contributed by atoms with Crippen molar-refractivity contribution in [3.8, 4) is 0 Å². The molecule has 0 saturated carbocycles. The van der Waals surface area contributed by atoms with Crippen LogP contribution >= 0.6 is 11.8 Å². The highest BCUT2D eigenvalue weighted by Gasteiger charge is 2.08. The minimum atomic E-state index is 0.365. The summed E-state index contributed by atoms with van der Waals surface area (Å²) in [5.74, 6) is 1.19. The first-order valence-corrected chi connectivity index (χ1v) is 5.83. The van der Waals surface area contributed by atoms with Crippen molar-refractivity contribution in [2.45, 2.75) is 26.3 Å². The van der Waals surface area contributed by atoms with Gasteiger partial charge in [0, 0.05) is 24.9 Å². The lowest BCUT2D eigenvalue weighted by molar-refractivity contribution is 0.133. The van der Waals surface area contributed by atoms with Crippen LogP contribution in [0.15, 0.2) is 4.99 Å². The summed E-state index contributed by atoms with van der Waals surface area (Å²) in [7, 11) is 0. The Bertz CT molecular complexity index is 173. The van der Waals surface area contributed by atoms with E-state index in [1.807, 2.05) is 18.7 Å². The highest BCUT2D eigenvalue weighted by Crippen LogP contribution is 2.10. The number of rotatable bonds is 4. The molecule has 1 unspecified atom stereocenters. The van der Waals surface area contributed by atoms with Crippen LogP contribution in [0.5, 0.6) is 0 Å². The van der Waals surface area contributed by atoms with Crippen LogP contribution in [0.2, 0.25) is 0 Å². The van der Waals surface area contributed by atoms with Gasteiger partial charge >= 0.3 is 0 Å².